The van der Waals surface area contributed by atoms with Gasteiger partial charge >= 0.3 is 0 Å². The number of ether oxygens (including phenoxy) is 1. The van der Waals surface area contributed by atoms with Crippen LogP contribution in [0.5, 0.6) is 5.75 Å². The number of amides is 2. The van der Waals surface area contributed by atoms with E-state index in [1.807, 2.05) is 46.8 Å². The van der Waals surface area contributed by atoms with Gasteiger partial charge in [-0.25, -0.2) is 4.39 Å². The van der Waals surface area contributed by atoms with Crippen LogP contribution in [0.2, 0.25) is 0 Å². The molecule has 0 aliphatic carbocycles. The Morgan fingerprint density at radius 1 is 1.10 bits per heavy atom. The second kappa shape index (κ2) is 10.2. The van der Waals surface area contributed by atoms with Crippen molar-refractivity contribution in [1.29, 1.82) is 0 Å². The lowest BCUT2D eigenvalue weighted by Gasteiger charge is -2.29. The van der Waals surface area contributed by atoms with Crippen molar-refractivity contribution in [2.75, 3.05) is 6.61 Å². The van der Waals surface area contributed by atoms with E-state index in [1.54, 1.807) is 25.1 Å². The van der Waals surface area contributed by atoms with Gasteiger partial charge in [0.25, 0.3) is 5.91 Å². The lowest BCUT2D eigenvalue weighted by Crippen LogP contribution is -2.50. The van der Waals surface area contributed by atoms with Gasteiger partial charge in [0.2, 0.25) is 5.91 Å². The Labute approximate surface area is 178 Å². The van der Waals surface area contributed by atoms with Gasteiger partial charge in [-0.2, -0.15) is 0 Å². The molecule has 2 amide bonds. The molecule has 0 spiro atoms. The van der Waals surface area contributed by atoms with Gasteiger partial charge < -0.3 is 15.0 Å². The SMILES string of the molecule is Cc1cc(C)c(C)c(OCC(=O)N(Cc2ccccc2F)[C@H](C)C(=O)NC(C)C)c1. The van der Waals surface area contributed by atoms with E-state index in [-0.39, 0.29) is 31.0 Å². The van der Waals surface area contributed by atoms with Crippen molar-refractivity contribution in [3.05, 3.63) is 64.5 Å². The molecule has 162 valence electrons. The van der Waals surface area contributed by atoms with Crippen LogP contribution in [0.4, 0.5) is 4.39 Å². The molecule has 1 atom stereocenters. The number of halogens is 1. The third kappa shape index (κ3) is 6.05. The lowest BCUT2D eigenvalue weighted by molar-refractivity contribution is -0.142. The van der Waals surface area contributed by atoms with Gasteiger partial charge in [0.05, 0.1) is 0 Å². The van der Waals surface area contributed by atoms with Crippen LogP contribution >= 0.6 is 0 Å². The molecule has 0 saturated carbocycles. The fourth-order valence-corrected chi connectivity index (χ4v) is 3.17. The first-order chi connectivity index (χ1) is 14.1. The molecule has 6 heteroatoms. The number of carbonyl (C=O) groups is 2. The third-order valence-electron chi connectivity index (χ3n) is 5.01. The zero-order valence-corrected chi connectivity index (χ0v) is 18.6. The molecule has 0 heterocycles. The highest BCUT2D eigenvalue weighted by Crippen LogP contribution is 2.23. The van der Waals surface area contributed by atoms with Crippen LogP contribution in [0.3, 0.4) is 0 Å². The molecule has 0 fully saturated rings. The molecule has 2 aromatic carbocycles. The molecule has 2 rings (SSSR count). The summed E-state index contributed by atoms with van der Waals surface area (Å²) in [6.45, 7) is 11.0. The van der Waals surface area contributed by atoms with Crippen molar-refractivity contribution >= 4 is 11.8 Å². The molecular weight excluding hydrogens is 383 g/mol. The fourth-order valence-electron chi connectivity index (χ4n) is 3.17. The third-order valence-corrected chi connectivity index (χ3v) is 5.01. The number of hydrogen-bond acceptors (Lipinski definition) is 3. The second-order valence-electron chi connectivity index (χ2n) is 7.95. The molecule has 5 nitrogen and oxygen atoms in total. The molecule has 0 unspecified atom stereocenters. The largest absolute Gasteiger partial charge is 0.483 e. The van der Waals surface area contributed by atoms with E-state index in [0.717, 1.165) is 16.7 Å². The zero-order chi connectivity index (χ0) is 22.4. The molecule has 0 bridgehead atoms. The maximum Gasteiger partial charge on any atom is 0.261 e. The minimum absolute atomic E-state index is 0.0205. The van der Waals surface area contributed by atoms with Gasteiger partial charge in [-0.05, 0) is 70.4 Å². The first-order valence-electron chi connectivity index (χ1n) is 10.1. The van der Waals surface area contributed by atoms with Gasteiger partial charge in [-0.15, -0.1) is 0 Å². The number of carbonyl (C=O) groups excluding carboxylic acids is 2. The Bertz CT molecular complexity index is 911. The minimum Gasteiger partial charge on any atom is -0.483 e. The fraction of sp³-hybridized carbons (Fsp3) is 0.417. The summed E-state index contributed by atoms with van der Waals surface area (Å²) in [6.07, 6.45) is 0. The van der Waals surface area contributed by atoms with Gasteiger partial charge in [-0.1, -0.05) is 24.3 Å². The topological polar surface area (TPSA) is 58.6 Å². The van der Waals surface area contributed by atoms with Crippen LogP contribution in [0, 0.1) is 26.6 Å². The van der Waals surface area contributed by atoms with E-state index in [2.05, 4.69) is 5.32 Å². The molecule has 0 aliphatic rings. The molecule has 0 saturated heterocycles. The molecule has 0 aliphatic heterocycles. The van der Waals surface area contributed by atoms with Crippen LogP contribution in [-0.4, -0.2) is 35.4 Å². The van der Waals surface area contributed by atoms with Gasteiger partial charge in [0.15, 0.2) is 6.61 Å². The smallest absolute Gasteiger partial charge is 0.261 e. The molecule has 30 heavy (non-hydrogen) atoms. The number of aryl methyl sites for hydroxylation is 2. The number of rotatable bonds is 8. The average Bonchev–Trinajstić information content (AvgIpc) is 2.67. The standard InChI is InChI=1S/C24H31FN2O3/c1-15(2)26-24(29)19(6)27(13-20-9-7-8-10-21(20)25)23(28)14-30-22-12-16(3)11-17(4)18(22)5/h7-12,15,19H,13-14H2,1-6H3,(H,26,29)/t19-/m1/s1. The van der Waals surface area contributed by atoms with Crippen molar-refractivity contribution in [1.82, 2.24) is 10.2 Å². The highest BCUT2D eigenvalue weighted by atomic mass is 19.1. The van der Waals surface area contributed by atoms with E-state index in [0.29, 0.717) is 11.3 Å². The average molecular weight is 415 g/mol. The quantitative estimate of drug-likeness (QED) is 0.708. The summed E-state index contributed by atoms with van der Waals surface area (Å²) < 4.78 is 20.0. The number of nitrogens with zero attached hydrogens (tertiary/aromatic N) is 1. The van der Waals surface area contributed by atoms with Gasteiger partial charge in [0, 0.05) is 18.2 Å². The Morgan fingerprint density at radius 3 is 2.40 bits per heavy atom. The predicted octanol–water partition coefficient (Wildman–Crippen LogP) is 4.07. The van der Waals surface area contributed by atoms with Crippen molar-refractivity contribution in [3.8, 4) is 5.75 Å². The van der Waals surface area contributed by atoms with Gasteiger partial charge in [-0.3, -0.25) is 9.59 Å². The highest BCUT2D eigenvalue weighted by Gasteiger charge is 2.27. The van der Waals surface area contributed by atoms with Crippen molar-refractivity contribution in [2.24, 2.45) is 0 Å². The maximum absolute atomic E-state index is 14.2. The Kier molecular flexibility index (Phi) is 7.98. The number of benzene rings is 2. The molecular formula is C24H31FN2O3. The summed E-state index contributed by atoms with van der Waals surface area (Å²) in [5, 5.41) is 2.81. The Balaban J connectivity index is 2.23. The summed E-state index contributed by atoms with van der Waals surface area (Å²) in [5.41, 5.74) is 3.41. The van der Waals surface area contributed by atoms with Gasteiger partial charge in [0.1, 0.15) is 17.6 Å². The Morgan fingerprint density at radius 2 is 1.77 bits per heavy atom. The summed E-state index contributed by atoms with van der Waals surface area (Å²) in [7, 11) is 0. The monoisotopic (exact) mass is 414 g/mol. The first kappa shape index (κ1) is 23.4. The minimum atomic E-state index is -0.775. The lowest BCUT2D eigenvalue weighted by atomic mass is 10.1. The first-order valence-corrected chi connectivity index (χ1v) is 10.1. The van der Waals surface area contributed by atoms with E-state index in [9.17, 15) is 14.0 Å². The van der Waals surface area contributed by atoms with E-state index >= 15 is 0 Å². The zero-order valence-electron chi connectivity index (χ0n) is 18.6. The summed E-state index contributed by atoms with van der Waals surface area (Å²) in [4.78, 5) is 27.0. The van der Waals surface area contributed by atoms with Crippen LogP contribution in [0.15, 0.2) is 36.4 Å². The van der Waals surface area contributed by atoms with E-state index in [1.165, 1.54) is 11.0 Å². The molecule has 0 aromatic heterocycles. The summed E-state index contributed by atoms with van der Waals surface area (Å²) >= 11 is 0. The van der Waals surface area contributed by atoms with E-state index < -0.39 is 11.9 Å². The van der Waals surface area contributed by atoms with Crippen LogP contribution in [-0.2, 0) is 16.1 Å². The van der Waals surface area contributed by atoms with Crippen molar-refractivity contribution in [3.63, 3.8) is 0 Å². The molecule has 0 radical (unpaired) electrons. The molecule has 2 aromatic rings. The maximum atomic E-state index is 14.2. The number of hydrogen-bond donors (Lipinski definition) is 1. The normalized spacial score (nSPS) is 11.9. The Hall–Kier alpha value is -2.89. The predicted molar refractivity (Wildman–Crippen MR) is 116 cm³/mol. The van der Waals surface area contributed by atoms with Crippen LogP contribution in [0.1, 0.15) is 43.0 Å². The van der Waals surface area contributed by atoms with Crippen molar-refractivity contribution < 1.29 is 18.7 Å². The number of nitrogens with one attached hydrogen (secondary N) is 1. The summed E-state index contributed by atoms with van der Waals surface area (Å²) in [5.74, 6) is -0.468. The summed E-state index contributed by atoms with van der Waals surface area (Å²) in [6, 6.07) is 9.33. The van der Waals surface area contributed by atoms with E-state index in [4.69, 9.17) is 4.74 Å². The second-order valence-corrected chi connectivity index (χ2v) is 7.95. The highest BCUT2D eigenvalue weighted by molar-refractivity contribution is 5.88. The van der Waals surface area contributed by atoms with Crippen molar-refractivity contribution in [2.45, 2.75) is 60.2 Å². The van der Waals surface area contributed by atoms with Crippen LogP contribution < -0.4 is 10.1 Å². The van der Waals surface area contributed by atoms with Crippen LogP contribution in [0.25, 0.3) is 0 Å². The molecule has 1 N–H and O–H groups in total.